The highest BCUT2D eigenvalue weighted by Crippen LogP contribution is 2.24. The Morgan fingerprint density at radius 2 is 2.12 bits per heavy atom. The fourth-order valence-electron chi connectivity index (χ4n) is 1.29. The van der Waals surface area contributed by atoms with E-state index in [9.17, 15) is 9.59 Å². The molecule has 0 aliphatic rings. The van der Waals surface area contributed by atoms with Crippen molar-refractivity contribution in [3.05, 3.63) is 28.8 Å². The molecule has 0 unspecified atom stereocenters. The lowest BCUT2D eigenvalue weighted by Crippen LogP contribution is -2.14. The molecule has 0 radical (unpaired) electrons. The average molecular weight is 242 g/mol. The standard InChI is InChI=1S/C11H12ClNO3/c1-2-4-9(14)13-8-6-3-5-7(12)10(8)11(15)16/h3,5-6H,2,4H2,1H3,(H,13,14)(H,15,16). The van der Waals surface area contributed by atoms with Crippen LogP contribution in [0.3, 0.4) is 0 Å². The first-order chi connectivity index (χ1) is 7.56. The normalized spacial score (nSPS) is 9.88. The van der Waals surface area contributed by atoms with E-state index < -0.39 is 5.97 Å². The predicted molar refractivity (Wildman–Crippen MR) is 61.9 cm³/mol. The van der Waals surface area contributed by atoms with Crippen LogP contribution < -0.4 is 5.32 Å². The number of carbonyl (C=O) groups is 2. The van der Waals surface area contributed by atoms with Gasteiger partial charge in [0.2, 0.25) is 5.91 Å². The minimum atomic E-state index is -1.16. The number of carbonyl (C=O) groups excluding carboxylic acids is 1. The number of nitrogens with one attached hydrogen (secondary N) is 1. The fraction of sp³-hybridized carbons (Fsp3) is 0.273. The van der Waals surface area contributed by atoms with Gasteiger partial charge in [-0.1, -0.05) is 24.6 Å². The Balaban J connectivity index is 3.00. The summed E-state index contributed by atoms with van der Waals surface area (Å²) in [6.45, 7) is 1.87. The van der Waals surface area contributed by atoms with Crippen LogP contribution in [0.25, 0.3) is 0 Å². The van der Waals surface area contributed by atoms with Crippen LogP contribution in [0, 0.1) is 0 Å². The molecular weight excluding hydrogens is 230 g/mol. The van der Waals surface area contributed by atoms with Crippen LogP contribution in [0.5, 0.6) is 0 Å². The second kappa shape index (κ2) is 5.51. The first-order valence-electron chi connectivity index (χ1n) is 4.88. The maximum Gasteiger partial charge on any atom is 0.339 e. The molecule has 0 aromatic heterocycles. The number of hydrogen-bond donors (Lipinski definition) is 2. The van der Waals surface area contributed by atoms with Gasteiger partial charge >= 0.3 is 5.97 Å². The molecule has 4 nitrogen and oxygen atoms in total. The molecule has 0 fully saturated rings. The summed E-state index contributed by atoms with van der Waals surface area (Å²) in [7, 11) is 0. The molecule has 86 valence electrons. The van der Waals surface area contributed by atoms with Crippen LogP contribution in [-0.4, -0.2) is 17.0 Å². The summed E-state index contributed by atoms with van der Waals surface area (Å²) < 4.78 is 0. The molecule has 0 spiro atoms. The molecule has 1 rings (SSSR count). The maximum atomic E-state index is 11.4. The lowest BCUT2D eigenvalue weighted by atomic mass is 10.1. The van der Waals surface area contributed by atoms with Gasteiger partial charge in [0, 0.05) is 6.42 Å². The summed E-state index contributed by atoms with van der Waals surface area (Å²) in [5.41, 5.74) is 0.159. The van der Waals surface area contributed by atoms with Crippen LogP contribution >= 0.6 is 11.6 Å². The summed E-state index contributed by atoms with van der Waals surface area (Å²) in [5.74, 6) is -1.37. The van der Waals surface area contributed by atoms with Crippen molar-refractivity contribution >= 4 is 29.2 Å². The number of carboxylic acid groups (broad SMARTS) is 1. The summed E-state index contributed by atoms with van der Waals surface area (Å²) >= 11 is 5.75. The molecule has 0 heterocycles. The van der Waals surface area contributed by atoms with E-state index in [1.165, 1.54) is 12.1 Å². The molecule has 1 aromatic rings. The van der Waals surface area contributed by atoms with Crippen molar-refractivity contribution in [3.63, 3.8) is 0 Å². The third kappa shape index (κ3) is 2.97. The highest BCUT2D eigenvalue weighted by molar-refractivity contribution is 6.34. The average Bonchev–Trinajstić information content (AvgIpc) is 2.17. The van der Waals surface area contributed by atoms with E-state index in [1.807, 2.05) is 6.92 Å². The molecule has 1 aromatic carbocycles. The highest BCUT2D eigenvalue weighted by Gasteiger charge is 2.15. The van der Waals surface area contributed by atoms with Crippen LogP contribution in [0.1, 0.15) is 30.1 Å². The third-order valence-electron chi connectivity index (χ3n) is 1.98. The van der Waals surface area contributed by atoms with Gasteiger partial charge in [-0.15, -0.1) is 0 Å². The Morgan fingerprint density at radius 1 is 1.44 bits per heavy atom. The number of halogens is 1. The van der Waals surface area contributed by atoms with Crippen molar-refractivity contribution in [1.82, 2.24) is 0 Å². The van der Waals surface area contributed by atoms with E-state index in [0.717, 1.165) is 0 Å². The molecule has 0 saturated carbocycles. The molecule has 1 amide bonds. The van der Waals surface area contributed by atoms with Crippen molar-refractivity contribution < 1.29 is 14.7 Å². The van der Waals surface area contributed by atoms with Gasteiger partial charge in [0.25, 0.3) is 0 Å². The summed E-state index contributed by atoms with van der Waals surface area (Å²) in [6.07, 6.45) is 1.06. The number of aromatic carboxylic acids is 1. The zero-order valence-electron chi connectivity index (χ0n) is 8.79. The third-order valence-corrected chi connectivity index (χ3v) is 2.29. The number of anilines is 1. The largest absolute Gasteiger partial charge is 0.478 e. The quantitative estimate of drug-likeness (QED) is 0.852. The van der Waals surface area contributed by atoms with E-state index in [1.54, 1.807) is 6.07 Å². The van der Waals surface area contributed by atoms with Crippen molar-refractivity contribution in [1.29, 1.82) is 0 Å². The number of benzene rings is 1. The number of amides is 1. The van der Waals surface area contributed by atoms with Gasteiger partial charge in [-0.05, 0) is 18.6 Å². The number of hydrogen-bond acceptors (Lipinski definition) is 2. The highest BCUT2D eigenvalue weighted by atomic mass is 35.5. The summed E-state index contributed by atoms with van der Waals surface area (Å²) in [6, 6.07) is 4.58. The zero-order chi connectivity index (χ0) is 12.1. The van der Waals surface area contributed by atoms with Crippen LogP contribution in [-0.2, 0) is 4.79 Å². The second-order valence-corrected chi connectivity index (χ2v) is 3.67. The molecule has 5 heteroatoms. The maximum absolute atomic E-state index is 11.4. The molecule has 0 saturated heterocycles. The SMILES string of the molecule is CCCC(=O)Nc1cccc(Cl)c1C(=O)O. The van der Waals surface area contributed by atoms with Gasteiger partial charge in [-0.25, -0.2) is 4.79 Å². The van der Waals surface area contributed by atoms with Gasteiger partial charge in [0.1, 0.15) is 5.56 Å². The van der Waals surface area contributed by atoms with Crippen molar-refractivity contribution in [3.8, 4) is 0 Å². The van der Waals surface area contributed by atoms with Gasteiger partial charge < -0.3 is 10.4 Å². The van der Waals surface area contributed by atoms with Gasteiger partial charge in [-0.3, -0.25) is 4.79 Å². The Hall–Kier alpha value is -1.55. The van der Waals surface area contributed by atoms with Gasteiger partial charge in [0.15, 0.2) is 0 Å². The topological polar surface area (TPSA) is 66.4 Å². The summed E-state index contributed by atoms with van der Waals surface area (Å²) in [4.78, 5) is 22.3. The van der Waals surface area contributed by atoms with E-state index in [0.29, 0.717) is 12.8 Å². The monoisotopic (exact) mass is 241 g/mol. The molecule has 0 aliphatic heterocycles. The van der Waals surface area contributed by atoms with E-state index in [-0.39, 0.29) is 22.2 Å². The Labute approximate surface area is 98.2 Å². The minimum absolute atomic E-state index is 0.0754. The van der Waals surface area contributed by atoms with Gasteiger partial charge in [-0.2, -0.15) is 0 Å². The van der Waals surface area contributed by atoms with E-state index >= 15 is 0 Å². The molecule has 2 N–H and O–H groups in total. The number of rotatable bonds is 4. The Bertz CT molecular complexity index is 418. The first-order valence-corrected chi connectivity index (χ1v) is 5.25. The second-order valence-electron chi connectivity index (χ2n) is 3.27. The van der Waals surface area contributed by atoms with Gasteiger partial charge in [0.05, 0.1) is 10.7 Å². The smallest absolute Gasteiger partial charge is 0.339 e. The van der Waals surface area contributed by atoms with E-state index in [4.69, 9.17) is 16.7 Å². The molecule has 0 atom stereocenters. The van der Waals surface area contributed by atoms with Crippen molar-refractivity contribution in [2.24, 2.45) is 0 Å². The Kier molecular flexibility index (Phi) is 4.31. The van der Waals surface area contributed by atoms with Crippen LogP contribution in [0.15, 0.2) is 18.2 Å². The van der Waals surface area contributed by atoms with Crippen molar-refractivity contribution in [2.75, 3.05) is 5.32 Å². The summed E-state index contributed by atoms with van der Waals surface area (Å²) in [5, 5.41) is 11.6. The Morgan fingerprint density at radius 3 is 2.69 bits per heavy atom. The molecule has 0 bridgehead atoms. The number of carboxylic acids is 1. The molecular formula is C11H12ClNO3. The predicted octanol–water partition coefficient (Wildman–Crippen LogP) is 2.78. The molecule has 0 aliphatic carbocycles. The zero-order valence-corrected chi connectivity index (χ0v) is 9.54. The van der Waals surface area contributed by atoms with E-state index in [2.05, 4.69) is 5.32 Å². The first kappa shape index (κ1) is 12.5. The fourth-order valence-corrected chi connectivity index (χ4v) is 1.54. The lowest BCUT2D eigenvalue weighted by Gasteiger charge is -2.08. The lowest BCUT2D eigenvalue weighted by molar-refractivity contribution is -0.116. The minimum Gasteiger partial charge on any atom is -0.478 e. The van der Waals surface area contributed by atoms with Crippen LogP contribution in [0.4, 0.5) is 5.69 Å². The van der Waals surface area contributed by atoms with Crippen molar-refractivity contribution in [2.45, 2.75) is 19.8 Å². The van der Waals surface area contributed by atoms with Crippen LogP contribution in [0.2, 0.25) is 5.02 Å². The molecule has 16 heavy (non-hydrogen) atoms.